The third kappa shape index (κ3) is 3.06. The van der Waals surface area contributed by atoms with Crippen molar-refractivity contribution in [1.29, 1.82) is 0 Å². The number of nitrogens with one attached hydrogen (secondary N) is 3. The Morgan fingerprint density at radius 1 is 1.47 bits per heavy atom. The highest BCUT2D eigenvalue weighted by Crippen LogP contribution is 2.24. The van der Waals surface area contributed by atoms with Crippen molar-refractivity contribution in [3.05, 3.63) is 22.7 Å². The van der Waals surface area contributed by atoms with Crippen LogP contribution >= 0.6 is 0 Å². The number of oxazole rings is 1. The number of anilines is 2. The predicted octanol–water partition coefficient (Wildman–Crippen LogP) is 0.641. The van der Waals surface area contributed by atoms with Crippen molar-refractivity contribution < 1.29 is 9.21 Å². The van der Waals surface area contributed by atoms with E-state index in [0.29, 0.717) is 42.0 Å². The Kier molecular flexibility index (Phi) is 3.74. The molecule has 2 aromatic rings. The van der Waals surface area contributed by atoms with Crippen LogP contribution in [0.3, 0.4) is 0 Å². The summed E-state index contributed by atoms with van der Waals surface area (Å²) in [5.74, 6) is -0.541. The van der Waals surface area contributed by atoms with Crippen LogP contribution in [0.5, 0.6) is 0 Å². The summed E-state index contributed by atoms with van der Waals surface area (Å²) in [7, 11) is 0. The largest absolute Gasteiger partial charge is 0.417 e. The van der Waals surface area contributed by atoms with E-state index >= 15 is 0 Å². The van der Waals surface area contributed by atoms with Crippen LogP contribution in [0, 0.1) is 0 Å². The number of H-pyrrole nitrogens is 1. The minimum absolute atomic E-state index is 0.0219. The maximum absolute atomic E-state index is 11.3. The smallest absolute Gasteiger partial charge is 0.408 e. The van der Waals surface area contributed by atoms with Crippen LogP contribution in [0.2, 0.25) is 0 Å². The highest BCUT2D eigenvalue weighted by Gasteiger charge is 2.07. The molecular formula is C12H16N4O3. The van der Waals surface area contributed by atoms with Gasteiger partial charge in [-0.2, -0.15) is 0 Å². The molecule has 1 amide bonds. The van der Waals surface area contributed by atoms with E-state index in [-0.39, 0.29) is 5.91 Å². The molecule has 0 fully saturated rings. The zero-order valence-electron chi connectivity index (χ0n) is 10.6. The number of carbonyl (C=O) groups excluding carboxylic acids is 1. The predicted molar refractivity (Wildman–Crippen MR) is 73.0 cm³/mol. The molecule has 0 bridgehead atoms. The molecule has 102 valence electrons. The van der Waals surface area contributed by atoms with Crippen molar-refractivity contribution in [2.45, 2.75) is 13.3 Å². The van der Waals surface area contributed by atoms with Gasteiger partial charge in [-0.15, -0.1) is 0 Å². The lowest BCUT2D eigenvalue weighted by atomic mass is 10.2. The third-order valence-corrected chi connectivity index (χ3v) is 2.63. The van der Waals surface area contributed by atoms with Crippen LogP contribution in [0.4, 0.5) is 11.4 Å². The van der Waals surface area contributed by atoms with Gasteiger partial charge in [-0.25, -0.2) is 4.79 Å². The number of hydrogen-bond donors (Lipinski definition) is 4. The number of benzene rings is 1. The van der Waals surface area contributed by atoms with Gasteiger partial charge in [-0.05, 0) is 13.0 Å². The molecular weight excluding hydrogens is 248 g/mol. The first-order valence-corrected chi connectivity index (χ1v) is 6.03. The van der Waals surface area contributed by atoms with E-state index in [0.717, 1.165) is 0 Å². The second-order valence-corrected chi connectivity index (χ2v) is 4.08. The number of carbonyl (C=O) groups is 1. The lowest BCUT2D eigenvalue weighted by Gasteiger charge is -2.09. The molecule has 7 heteroatoms. The first-order chi connectivity index (χ1) is 9.10. The average molecular weight is 264 g/mol. The third-order valence-electron chi connectivity index (χ3n) is 2.63. The van der Waals surface area contributed by atoms with Crippen molar-refractivity contribution in [3.63, 3.8) is 0 Å². The first-order valence-electron chi connectivity index (χ1n) is 6.03. The van der Waals surface area contributed by atoms with Gasteiger partial charge in [0.05, 0.1) is 16.9 Å². The summed E-state index contributed by atoms with van der Waals surface area (Å²) in [6.07, 6.45) is 0.354. The Hall–Kier alpha value is -2.44. The van der Waals surface area contributed by atoms with Gasteiger partial charge in [0.1, 0.15) is 0 Å². The van der Waals surface area contributed by atoms with E-state index in [1.165, 1.54) is 0 Å². The molecule has 0 aliphatic rings. The Morgan fingerprint density at radius 2 is 2.26 bits per heavy atom. The fourth-order valence-corrected chi connectivity index (χ4v) is 1.76. The van der Waals surface area contributed by atoms with E-state index in [1.807, 2.05) is 6.92 Å². The van der Waals surface area contributed by atoms with Crippen LogP contribution in [0.15, 0.2) is 21.3 Å². The van der Waals surface area contributed by atoms with E-state index in [1.54, 1.807) is 12.1 Å². The summed E-state index contributed by atoms with van der Waals surface area (Å²) in [4.78, 5) is 24.9. The summed E-state index contributed by atoms with van der Waals surface area (Å²) >= 11 is 0. The van der Waals surface area contributed by atoms with Gasteiger partial charge >= 0.3 is 5.76 Å². The molecule has 2 rings (SSSR count). The highest BCUT2D eigenvalue weighted by atomic mass is 16.4. The van der Waals surface area contributed by atoms with Gasteiger partial charge < -0.3 is 20.8 Å². The molecule has 1 aromatic heterocycles. The SMILES string of the molecule is CCNC(=O)CCNc1cc2[nH]c(=O)oc2cc1N. The van der Waals surface area contributed by atoms with E-state index in [9.17, 15) is 9.59 Å². The quantitative estimate of drug-likeness (QED) is 0.592. The molecule has 0 saturated carbocycles. The van der Waals surface area contributed by atoms with Crippen molar-refractivity contribution >= 4 is 28.4 Å². The lowest BCUT2D eigenvalue weighted by molar-refractivity contribution is -0.120. The van der Waals surface area contributed by atoms with E-state index in [2.05, 4.69) is 15.6 Å². The van der Waals surface area contributed by atoms with Crippen LogP contribution in [-0.2, 0) is 4.79 Å². The standard InChI is InChI=1S/C12H16N4O3/c1-2-14-11(17)3-4-15-8-6-9-10(5-7(8)13)19-12(18)16-9/h5-6,15H,2-4,13H2,1H3,(H,14,17)(H,16,18). The maximum Gasteiger partial charge on any atom is 0.417 e. The zero-order chi connectivity index (χ0) is 13.8. The number of aromatic nitrogens is 1. The van der Waals surface area contributed by atoms with Gasteiger partial charge in [-0.1, -0.05) is 0 Å². The van der Waals surface area contributed by atoms with Crippen molar-refractivity contribution in [2.24, 2.45) is 0 Å². The Morgan fingerprint density at radius 3 is 3.00 bits per heavy atom. The molecule has 0 unspecified atom stereocenters. The highest BCUT2D eigenvalue weighted by molar-refractivity contribution is 5.85. The number of nitrogens with two attached hydrogens (primary N) is 1. The lowest BCUT2D eigenvalue weighted by Crippen LogP contribution is -2.24. The van der Waals surface area contributed by atoms with Crippen molar-refractivity contribution in [3.8, 4) is 0 Å². The minimum atomic E-state index is -0.520. The Labute approximate surface area is 109 Å². The molecule has 0 spiro atoms. The molecule has 0 saturated heterocycles. The number of aromatic amines is 1. The van der Waals surface area contributed by atoms with Gasteiger partial charge in [0.2, 0.25) is 5.91 Å². The molecule has 0 aliphatic carbocycles. The fraction of sp³-hybridized carbons (Fsp3) is 0.333. The monoisotopic (exact) mass is 264 g/mol. The summed E-state index contributed by atoms with van der Waals surface area (Å²) < 4.78 is 4.90. The summed E-state index contributed by atoms with van der Waals surface area (Å²) in [5, 5.41) is 5.76. The molecule has 0 atom stereocenters. The van der Waals surface area contributed by atoms with E-state index in [4.69, 9.17) is 10.2 Å². The number of fused-ring (bicyclic) bond motifs is 1. The first kappa shape index (κ1) is 13.0. The molecule has 19 heavy (non-hydrogen) atoms. The number of nitrogen functional groups attached to an aromatic ring is 1. The minimum Gasteiger partial charge on any atom is -0.408 e. The molecule has 5 N–H and O–H groups in total. The maximum atomic E-state index is 11.3. The van der Waals surface area contributed by atoms with Gasteiger partial charge in [0, 0.05) is 25.6 Å². The van der Waals surface area contributed by atoms with E-state index < -0.39 is 5.76 Å². The van der Waals surface area contributed by atoms with Crippen LogP contribution in [0.25, 0.3) is 11.1 Å². The van der Waals surface area contributed by atoms with Crippen LogP contribution in [-0.4, -0.2) is 24.0 Å². The summed E-state index contributed by atoms with van der Waals surface area (Å²) in [6, 6.07) is 3.26. The van der Waals surface area contributed by atoms with Gasteiger partial charge in [0.25, 0.3) is 0 Å². The number of rotatable bonds is 5. The van der Waals surface area contributed by atoms with Crippen LogP contribution in [0.1, 0.15) is 13.3 Å². The number of hydrogen-bond acceptors (Lipinski definition) is 5. The topological polar surface area (TPSA) is 113 Å². The molecule has 1 heterocycles. The Bertz CT molecular complexity index is 644. The second kappa shape index (κ2) is 5.47. The molecule has 0 radical (unpaired) electrons. The summed E-state index contributed by atoms with van der Waals surface area (Å²) in [5.41, 5.74) is 7.94. The summed E-state index contributed by atoms with van der Waals surface area (Å²) in [6.45, 7) is 2.94. The van der Waals surface area contributed by atoms with Crippen molar-refractivity contribution in [2.75, 3.05) is 24.1 Å². The normalized spacial score (nSPS) is 10.6. The van der Waals surface area contributed by atoms with Gasteiger partial charge in [-0.3, -0.25) is 9.78 Å². The Balaban J connectivity index is 2.06. The van der Waals surface area contributed by atoms with Crippen LogP contribution < -0.4 is 22.1 Å². The second-order valence-electron chi connectivity index (χ2n) is 4.08. The number of amides is 1. The molecule has 7 nitrogen and oxygen atoms in total. The molecule has 0 aliphatic heterocycles. The fourth-order valence-electron chi connectivity index (χ4n) is 1.76. The zero-order valence-corrected chi connectivity index (χ0v) is 10.6. The van der Waals surface area contributed by atoms with Crippen molar-refractivity contribution in [1.82, 2.24) is 10.3 Å². The average Bonchev–Trinajstić information content (AvgIpc) is 2.69. The molecule has 1 aromatic carbocycles. The van der Waals surface area contributed by atoms with Gasteiger partial charge in [0.15, 0.2) is 5.58 Å².